The van der Waals surface area contributed by atoms with Crippen molar-refractivity contribution in [2.24, 2.45) is 0 Å². The molecule has 1 amide bonds. The van der Waals surface area contributed by atoms with Gasteiger partial charge in [-0.3, -0.25) is 9.69 Å². The number of aromatic nitrogens is 1. The highest BCUT2D eigenvalue weighted by Gasteiger charge is 2.34. The molecule has 5 rings (SSSR count). The fraction of sp³-hybridized carbons (Fsp3) is 0.280. The molecule has 1 saturated heterocycles. The van der Waals surface area contributed by atoms with Crippen LogP contribution in [0.4, 0.5) is 5.82 Å². The van der Waals surface area contributed by atoms with Crippen LogP contribution in [0.15, 0.2) is 75.9 Å². The molecule has 0 N–H and O–H groups in total. The number of anilines is 1. The number of nitrogens with zero attached hydrogens (tertiary/aromatic N) is 3. The first kappa shape index (κ1) is 20.8. The van der Waals surface area contributed by atoms with Crippen LogP contribution in [0.2, 0.25) is 5.02 Å². The summed E-state index contributed by atoms with van der Waals surface area (Å²) in [4.78, 5) is 17.6. The van der Waals surface area contributed by atoms with Gasteiger partial charge in [0.1, 0.15) is 0 Å². The minimum atomic E-state index is -0.206. The lowest BCUT2D eigenvalue weighted by Gasteiger charge is -2.37. The molecule has 0 radical (unpaired) electrons. The Morgan fingerprint density at radius 1 is 1.09 bits per heavy atom. The molecular formula is C25H24ClN3O3. The van der Waals surface area contributed by atoms with Crippen molar-refractivity contribution in [3.8, 4) is 0 Å². The number of piperidine rings is 1. The molecule has 0 atom stereocenters. The van der Waals surface area contributed by atoms with Crippen LogP contribution in [-0.2, 0) is 6.42 Å². The van der Waals surface area contributed by atoms with Gasteiger partial charge in [0, 0.05) is 36.8 Å². The molecule has 0 bridgehead atoms. The van der Waals surface area contributed by atoms with Crippen molar-refractivity contribution in [1.29, 1.82) is 0 Å². The molecule has 32 heavy (non-hydrogen) atoms. The van der Waals surface area contributed by atoms with Crippen LogP contribution in [0.5, 0.6) is 0 Å². The summed E-state index contributed by atoms with van der Waals surface area (Å²) in [6.07, 6.45) is 4.24. The second-order valence-corrected chi connectivity index (χ2v) is 8.54. The second-order valence-electron chi connectivity index (χ2n) is 8.11. The maximum Gasteiger partial charge on any atom is 0.295 e. The summed E-state index contributed by atoms with van der Waals surface area (Å²) >= 11 is 6.10. The molecule has 1 fully saturated rings. The number of carbonyl (C=O) groups excluding carboxylic acids is 1. The predicted octanol–water partition coefficient (Wildman–Crippen LogP) is 5.43. The third-order valence-electron chi connectivity index (χ3n) is 6.08. The first-order chi connectivity index (χ1) is 15.7. The Kier molecular flexibility index (Phi) is 5.97. The van der Waals surface area contributed by atoms with E-state index in [1.807, 2.05) is 12.1 Å². The zero-order valence-corrected chi connectivity index (χ0v) is 18.4. The van der Waals surface area contributed by atoms with Gasteiger partial charge in [0.2, 0.25) is 0 Å². The molecule has 164 valence electrons. The smallest absolute Gasteiger partial charge is 0.295 e. The third-order valence-corrected chi connectivity index (χ3v) is 6.31. The average molecular weight is 450 g/mol. The van der Waals surface area contributed by atoms with Crippen molar-refractivity contribution in [2.75, 3.05) is 24.5 Å². The Morgan fingerprint density at radius 3 is 2.66 bits per heavy atom. The van der Waals surface area contributed by atoms with Crippen LogP contribution >= 0.6 is 11.6 Å². The number of benzene rings is 2. The van der Waals surface area contributed by atoms with E-state index in [-0.39, 0.29) is 11.9 Å². The molecule has 3 heterocycles. The van der Waals surface area contributed by atoms with E-state index in [0.29, 0.717) is 22.2 Å². The Morgan fingerprint density at radius 2 is 1.91 bits per heavy atom. The van der Waals surface area contributed by atoms with Gasteiger partial charge in [0.05, 0.1) is 11.6 Å². The first-order valence-corrected chi connectivity index (χ1v) is 11.2. The lowest BCUT2D eigenvalue weighted by Crippen LogP contribution is -2.48. The second kappa shape index (κ2) is 9.18. The molecule has 4 aromatic rings. The standard InChI is InChI=1S/C25H24ClN3O3/c26-19-8-9-21-23(17-19)32-27-24(21)29(25(30)22-7-4-16-31-22)20-11-14-28(15-12-20)13-10-18-5-2-1-3-6-18/h1-9,16-17,20H,10-15H2. The third kappa shape index (κ3) is 4.29. The van der Waals surface area contributed by atoms with Crippen LogP contribution in [0.1, 0.15) is 29.0 Å². The molecule has 0 spiro atoms. The van der Waals surface area contributed by atoms with E-state index in [2.05, 4.69) is 34.3 Å². The molecule has 6 nitrogen and oxygen atoms in total. The maximum absolute atomic E-state index is 13.4. The van der Waals surface area contributed by atoms with Crippen LogP contribution in [0, 0.1) is 0 Å². The molecule has 2 aromatic carbocycles. The number of hydrogen-bond acceptors (Lipinski definition) is 5. The van der Waals surface area contributed by atoms with E-state index in [9.17, 15) is 4.79 Å². The number of rotatable bonds is 6. The van der Waals surface area contributed by atoms with Gasteiger partial charge in [-0.25, -0.2) is 0 Å². The van der Waals surface area contributed by atoms with E-state index >= 15 is 0 Å². The minimum absolute atomic E-state index is 0.00422. The van der Waals surface area contributed by atoms with Crippen molar-refractivity contribution < 1.29 is 13.7 Å². The lowest BCUT2D eigenvalue weighted by atomic mass is 10.0. The number of amides is 1. The summed E-state index contributed by atoms with van der Waals surface area (Å²) in [6.45, 7) is 2.84. The molecule has 2 aromatic heterocycles. The summed E-state index contributed by atoms with van der Waals surface area (Å²) in [5, 5.41) is 5.58. The normalized spacial score (nSPS) is 15.3. The van der Waals surface area contributed by atoms with E-state index in [1.165, 1.54) is 11.8 Å². The number of halogens is 1. The molecule has 0 unspecified atom stereocenters. The van der Waals surface area contributed by atoms with E-state index in [0.717, 1.165) is 44.3 Å². The number of hydrogen-bond donors (Lipinski definition) is 0. The van der Waals surface area contributed by atoms with Gasteiger partial charge in [-0.15, -0.1) is 0 Å². The fourth-order valence-electron chi connectivity index (χ4n) is 4.36. The van der Waals surface area contributed by atoms with E-state index < -0.39 is 0 Å². The molecular weight excluding hydrogens is 426 g/mol. The Hall–Kier alpha value is -3.09. The highest BCUT2D eigenvalue weighted by molar-refractivity contribution is 6.31. The Labute approximate surface area is 191 Å². The van der Waals surface area contributed by atoms with Crippen molar-refractivity contribution in [1.82, 2.24) is 10.1 Å². The summed E-state index contributed by atoms with van der Waals surface area (Å²) < 4.78 is 10.9. The lowest BCUT2D eigenvalue weighted by molar-refractivity contribution is 0.0931. The summed E-state index contributed by atoms with van der Waals surface area (Å²) in [6, 6.07) is 19.3. The van der Waals surface area contributed by atoms with Crippen LogP contribution in [0.3, 0.4) is 0 Å². The molecule has 1 aliphatic heterocycles. The van der Waals surface area contributed by atoms with Crippen molar-refractivity contribution >= 4 is 34.3 Å². The number of furan rings is 1. The number of carbonyl (C=O) groups is 1. The number of fused-ring (bicyclic) bond motifs is 1. The molecule has 7 heteroatoms. The van der Waals surface area contributed by atoms with E-state index in [4.69, 9.17) is 20.5 Å². The van der Waals surface area contributed by atoms with Crippen LogP contribution in [0.25, 0.3) is 11.0 Å². The molecule has 0 aliphatic carbocycles. The van der Waals surface area contributed by atoms with E-state index in [1.54, 1.807) is 29.2 Å². The summed E-state index contributed by atoms with van der Waals surface area (Å²) in [5.41, 5.74) is 1.90. The Bertz CT molecular complexity index is 1180. The highest BCUT2D eigenvalue weighted by Crippen LogP contribution is 2.33. The number of likely N-dealkylation sites (tertiary alicyclic amines) is 1. The van der Waals surface area contributed by atoms with Crippen LogP contribution < -0.4 is 4.90 Å². The first-order valence-electron chi connectivity index (χ1n) is 10.9. The molecule has 1 aliphatic rings. The van der Waals surface area contributed by atoms with Gasteiger partial charge in [0.25, 0.3) is 5.91 Å². The SMILES string of the molecule is O=C(c1ccco1)N(c1noc2cc(Cl)ccc12)C1CCN(CCc2ccccc2)CC1. The quantitative estimate of drug-likeness (QED) is 0.393. The van der Waals surface area contributed by atoms with Gasteiger partial charge in [-0.1, -0.05) is 47.1 Å². The van der Waals surface area contributed by atoms with Gasteiger partial charge in [-0.05, 0) is 49.1 Å². The van der Waals surface area contributed by atoms with Crippen molar-refractivity contribution in [3.63, 3.8) is 0 Å². The Balaban J connectivity index is 1.35. The fourth-order valence-corrected chi connectivity index (χ4v) is 4.52. The zero-order chi connectivity index (χ0) is 21.9. The average Bonchev–Trinajstić information content (AvgIpc) is 3.50. The maximum atomic E-state index is 13.4. The van der Waals surface area contributed by atoms with Gasteiger partial charge < -0.3 is 13.8 Å². The predicted molar refractivity (Wildman–Crippen MR) is 124 cm³/mol. The summed E-state index contributed by atoms with van der Waals surface area (Å²) in [5.74, 6) is 0.602. The minimum Gasteiger partial charge on any atom is -0.459 e. The molecule has 0 saturated carbocycles. The largest absolute Gasteiger partial charge is 0.459 e. The zero-order valence-electron chi connectivity index (χ0n) is 17.6. The van der Waals surface area contributed by atoms with Crippen molar-refractivity contribution in [2.45, 2.75) is 25.3 Å². The van der Waals surface area contributed by atoms with Gasteiger partial charge in [0.15, 0.2) is 17.2 Å². The van der Waals surface area contributed by atoms with Crippen molar-refractivity contribution in [3.05, 3.63) is 83.3 Å². The summed E-state index contributed by atoms with van der Waals surface area (Å²) in [7, 11) is 0. The van der Waals surface area contributed by atoms with Gasteiger partial charge >= 0.3 is 0 Å². The monoisotopic (exact) mass is 449 g/mol. The van der Waals surface area contributed by atoms with Gasteiger partial charge in [-0.2, -0.15) is 0 Å². The topological polar surface area (TPSA) is 62.7 Å². The van der Waals surface area contributed by atoms with Crippen LogP contribution in [-0.4, -0.2) is 41.6 Å². The highest BCUT2D eigenvalue weighted by atomic mass is 35.5.